The molecule has 5 nitrogen and oxygen atoms in total. The number of ether oxygens (including phenoxy) is 2. The van der Waals surface area contributed by atoms with E-state index in [9.17, 15) is 4.79 Å². The predicted octanol–water partition coefficient (Wildman–Crippen LogP) is 0.627. The minimum atomic E-state index is -0.00740. The number of rotatable bonds is 11. The van der Waals surface area contributed by atoms with Crippen molar-refractivity contribution < 1.29 is 14.3 Å². The van der Waals surface area contributed by atoms with Crippen LogP contribution in [0.1, 0.15) is 26.2 Å². The van der Waals surface area contributed by atoms with Gasteiger partial charge < -0.3 is 20.1 Å². The van der Waals surface area contributed by atoms with Crippen LogP contribution < -0.4 is 5.73 Å². The average Bonchev–Trinajstić information content (AvgIpc) is 2.34. The third-order valence-electron chi connectivity index (χ3n) is 2.36. The van der Waals surface area contributed by atoms with Crippen molar-refractivity contribution in [3.05, 3.63) is 0 Å². The van der Waals surface area contributed by atoms with Gasteiger partial charge in [-0.3, -0.25) is 4.79 Å². The fourth-order valence-corrected chi connectivity index (χ4v) is 1.19. The van der Waals surface area contributed by atoms with E-state index >= 15 is 0 Å². The molecule has 0 heterocycles. The number of carbonyl (C=O) groups is 1. The van der Waals surface area contributed by atoms with Crippen LogP contribution in [0.3, 0.4) is 0 Å². The van der Waals surface area contributed by atoms with Crippen molar-refractivity contribution in [2.45, 2.75) is 26.2 Å². The van der Waals surface area contributed by atoms with E-state index in [4.69, 9.17) is 15.2 Å². The summed E-state index contributed by atoms with van der Waals surface area (Å²) in [7, 11) is 1.76. The van der Waals surface area contributed by atoms with Crippen LogP contribution in [0.5, 0.6) is 0 Å². The lowest BCUT2D eigenvalue weighted by Gasteiger charge is -2.16. The Balaban J connectivity index is 3.32. The summed E-state index contributed by atoms with van der Waals surface area (Å²) in [6, 6.07) is 0. The third-order valence-corrected chi connectivity index (χ3v) is 2.36. The predicted molar refractivity (Wildman–Crippen MR) is 67.9 cm³/mol. The number of hydrogen-bond donors (Lipinski definition) is 1. The molecule has 0 aliphatic rings. The zero-order chi connectivity index (χ0) is 12.9. The highest BCUT2D eigenvalue weighted by atomic mass is 16.5. The maximum Gasteiger partial charge on any atom is 0.248 e. The number of likely N-dealkylation sites (N-methyl/N-ethyl adjacent to an activating group) is 1. The zero-order valence-corrected chi connectivity index (χ0v) is 11.1. The van der Waals surface area contributed by atoms with Gasteiger partial charge in [0.25, 0.3) is 0 Å². The molecule has 0 unspecified atom stereocenters. The van der Waals surface area contributed by atoms with Crippen LogP contribution in [0, 0.1) is 0 Å². The molecule has 0 atom stereocenters. The second-order valence-corrected chi connectivity index (χ2v) is 3.98. The highest BCUT2D eigenvalue weighted by Crippen LogP contribution is 1.91. The number of nitrogens with two attached hydrogens (primary N) is 1. The van der Waals surface area contributed by atoms with Crippen LogP contribution in [0.2, 0.25) is 0 Å². The molecular weight excluding hydrogens is 220 g/mol. The number of hydrogen-bond acceptors (Lipinski definition) is 4. The standard InChI is InChI=1S/C12H26N2O3/c1-3-4-8-16-9-10-17-11-12(15)14(2)7-5-6-13/h3-11,13H2,1-2H3. The van der Waals surface area contributed by atoms with E-state index in [1.165, 1.54) is 0 Å². The minimum absolute atomic E-state index is 0.00740. The Morgan fingerprint density at radius 1 is 1.18 bits per heavy atom. The van der Waals surface area contributed by atoms with E-state index in [-0.39, 0.29) is 12.5 Å². The first-order valence-corrected chi connectivity index (χ1v) is 6.31. The van der Waals surface area contributed by atoms with Crippen molar-refractivity contribution in [2.75, 3.05) is 46.6 Å². The summed E-state index contributed by atoms with van der Waals surface area (Å²) in [6.07, 6.45) is 3.02. The summed E-state index contributed by atoms with van der Waals surface area (Å²) in [4.78, 5) is 13.1. The van der Waals surface area contributed by atoms with Crippen molar-refractivity contribution in [3.63, 3.8) is 0 Å². The molecule has 5 heteroatoms. The molecule has 0 radical (unpaired) electrons. The third kappa shape index (κ3) is 10.2. The van der Waals surface area contributed by atoms with Crippen LogP contribution in [-0.4, -0.2) is 57.4 Å². The molecule has 102 valence electrons. The summed E-state index contributed by atoms with van der Waals surface area (Å²) in [5, 5.41) is 0. The maximum atomic E-state index is 11.5. The van der Waals surface area contributed by atoms with Crippen LogP contribution in [0.15, 0.2) is 0 Å². The zero-order valence-electron chi connectivity index (χ0n) is 11.1. The molecule has 2 N–H and O–H groups in total. The summed E-state index contributed by atoms with van der Waals surface area (Å²) < 4.78 is 10.5. The van der Waals surface area contributed by atoms with Gasteiger partial charge in [-0.05, 0) is 19.4 Å². The van der Waals surface area contributed by atoms with Gasteiger partial charge in [-0.15, -0.1) is 0 Å². The highest BCUT2D eigenvalue weighted by Gasteiger charge is 2.07. The first-order valence-electron chi connectivity index (χ1n) is 6.31. The van der Waals surface area contributed by atoms with Gasteiger partial charge in [0.2, 0.25) is 5.91 Å². The van der Waals surface area contributed by atoms with Gasteiger partial charge in [-0.25, -0.2) is 0 Å². The van der Waals surface area contributed by atoms with Crippen LogP contribution >= 0.6 is 0 Å². The van der Waals surface area contributed by atoms with Crippen LogP contribution in [0.4, 0.5) is 0 Å². The molecule has 0 aliphatic carbocycles. The Kier molecular flexibility index (Phi) is 11.4. The van der Waals surface area contributed by atoms with Crippen molar-refractivity contribution in [1.82, 2.24) is 4.90 Å². The first-order chi connectivity index (χ1) is 8.22. The number of amides is 1. The molecule has 0 saturated carbocycles. The summed E-state index contributed by atoms with van der Waals surface area (Å²) >= 11 is 0. The van der Waals surface area contributed by atoms with E-state index in [2.05, 4.69) is 6.92 Å². The van der Waals surface area contributed by atoms with Crippen molar-refractivity contribution in [2.24, 2.45) is 5.73 Å². The molecule has 17 heavy (non-hydrogen) atoms. The van der Waals surface area contributed by atoms with Gasteiger partial charge in [-0.1, -0.05) is 13.3 Å². The number of nitrogens with zero attached hydrogens (tertiary/aromatic N) is 1. The Morgan fingerprint density at radius 2 is 1.88 bits per heavy atom. The van der Waals surface area contributed by atoms with Crippen molar-refractivity contribution in [1.29, 1.82) is 0 Å². The summed E-state index contributed by atoms with van der Waals surface area (Å²) in [6.45, 7) is 5.33. The number of carbonyl (C=O) groups excluding carboxylic acids is 1. The SMILES string of the molecule is CCCCOCCOCC(=O)N(C)CCCN. The van der Waals surface area contributed by atoms with Gasteiger partial charge in [0.05, 0.1) is 13.2 Å². The number of unbranched alkanes of at least 4 members (excludes halogenated alkanes) is 1. The van der Waals surface area contributed by atoms with E-state index in [1.807, 2.05) is 0 Å². The van der Waals surface area contributed by atoms with Gasteiger partial charge in [-0.2, -0.15) is 0 Å². The molecule has 0 saturated heterocycles. The quantitative estimate of drug-likeness (QED) is 0.543. The molecule has 1 amide bonds. The summed E-state index contributed by atoms with van der Waals surface area (Å²) in [5.41, 5.74) is 5.37. The highest BCUT2D eigenvalue weighted by molar-refractivity contribution is 5.77. The minimum Gasteiger partial charge on any atom is -0.379 e. The van der Waals surface area contributed by atoms with Crippen molar-refractivity contribution in [3.8, 4) is 0 Å². The molecule has 0 bridgehead atoms. The lowest BCUT2D eigenvalue weighted by atomic mass is 10.4. The second kappa shape index (κ2) is 11.8. The van der Waals surface area contributed by atoms with Crippen LogP contribution in [0.25, 0.3) is 0 Å². The van der Waals surface area contributed by atoms with E-state index in [0.717, 1.165) is 25.9 Å². The first kappa shape index (κ1) is 16.4. The maximum absolute atomic E-state index is 11.5. The lowest BCUT2D eigenvalue weighted by molar-refractivity contribution is -0.135. The Labute approximate surface area is 104 Å². The molecule has 0 aromatic carbocycles. The lowest BCUT2D eigenvalue weighted by Crippen LogP contribution is -2.32. The van der Waals surface area contributed by atoms with Gasteiger partial charge in [0.1, 0.15) is 6.61 Å². The molecule has 0 aromatic heterocycles. The van der Waals surface area contributed by atoms with E-state index < -0.39 is 0 Å². The smallest absolute Gasteiger partial charge is 0.248 e. The fourth-order valence-electron chi connectivity index (χ4n) is 1.19. The Hall–Kier alpha value is -0.650. The molecule has 0 aliphatic heterocycles. The normalized spacial score (nSPS) is 10.5. The van der Waals surface area contributed by atoms with E-state index in [1.54, 1.807) is 11.9 Å². The monoisotopic (exact) mass is 246 g/mol. The molecule has 0 aromatic rings. The van der Waals surface area contributed by atoms with E-state index in [0.29, 0.717) is 26.3 Å². The topological polar surface area (TPSA) is 64.8 Å². The molecular formula is C12H26N2O3. The van der Waals surface area contributed by atoms with Gasteiger partial charge >= 0.3 is 0 Å². The largest absolute Gasteiger partial charge is 0.379 e. The fraction of sp³-hybridized carbons (Fsp3) is 0.917. The summed E-state index contributed by atoms with van der Waals surface area (Å²) in [5.74, 6) is -0.00740. The average molecular weight is 246 g/mol. The Morgan fingerprint density at radius 3 is 2.53 bits per heavy atom. The van der Waals surface area contributed by atoms with Gasteiger partial charge in [0.15, 0.2) is 0 Å². The second-order valence-electron chi connectivity index (χ2n) is 3.98. The van der Waals surface area contributed by atoms with Gasteiger partial charge in [0, 0.05) is 20.2 Å². The van der Waals surface area contributed by atoms with Crippen LogP contribution in [-0.2, 0) is 14.3 Å². The van der Waals surface area contributed by atoms with Crippen molar-refractivity contribution >= 4 is 5.91 Å². The molecule has 0 fully saturated rings. The Bertz CT molecular complexity index is 189. The molecule has 0 rings (SSSR count). The molecule has 0 spiro atoms.